The minimum Gasteiger partial charge on any atom is -0.493 e. The van der Waals surface area contributed by atoms with Crippen molar-refractivity contribution in [2.45, 2.75) is 26.3 Å². The fourth-order valence-corrected chi connectivity index (χ4v) is 2.20. The van der Waals surface area contributed by atoms with Gasteiger partial charge < -0.3 is 14.6 Å². The van der Waals surface area contributed by atoms with Gasteiger partial charge in [0, 0.05) is 31.9 Å². The van der Waals surface area contributed by atoms with E-state index in [1.807, 2.05) is 36.1 Å². The lowest BCUT2D eigenvalue weighted by atomic mass is 10.1. The molecular formula is C16H23N3O. The molecule has 1 N–H and O–H groups in total. The van der Waals surface area contributed by atoms with Crippen molar-refractivity contribution in [3.05, 3.63) is 48.0 Å². The molecule has 0 saturated carbocycles. The van der Waals surface area contributed by atoms with Crippen molar-refractivity contribution in [3.8, 4) is 5.75 Å². The Morgan fingerprint density at radius 3 is 2.95 bits per heavy atom. The van der Waals surface area contributed by atoms with Crippen molar-refractivity contribution in [2.24, 2.45) is 7.05 Å². The van der Waals surface area contributed by atoms with E-state index in [2.05, 4.69) is 36.3 Å². The molecule has 0 fully saturated rings. The first-order valence-electron chi connectivity index (χ1n) is 7.13. The minimum atomic E-state index is 0.345. The van der Waals surface area contributed by atoms with Crippen LogP contribution in [0.4, 0.5) is 0 Å². The molecule has 1 aromatic carbocycles. The number of imidazole rings is 1. The Balaban J connectivity index is 1.90. The summed E-state index contributed by atoms with van der Waals surface area (Å²) in [5.74, 6) is 1.96. The minimum absolute atomic E-state index is 0.345. The average molecular weight is 273 g/mol. The molecule has 1 heterocycles. The van der Waals surface area contributed by atoms with Gasteiger partial charge in [-0.25, -0.2) is 4.98 Å². The predicted molar refractivity (Wildman–Crippen MR) is 80.9 cm³/mol. The standard InChI is InChI=1S/C16H23N3O/c1-4-17-13(2)14-6-5-7-15(12-14)20-11-8-16-18-9-10-19(16)3/h5-7,9-10,12-13,17H,4,8,11H2,1-3H3. The summed E-state index contributed by atoms with van der Waals surface area (Å²) >= 11 is 0. The molecule has 0 amide bonds. The summed E-state index contributed by atoms with van der Waals surface area (Å²) in [5.41, 5.74) is 1.25. The maximum atomic E-state index is 5.82. The molecule has 4 heteroatoms. The van der Waals surface area contributed by atoms with Crippen LogP contribution < -0.4 is 10.1 Å². The van der Waals surface area contributed by atoms with Gasteiger partial charge in [-0.05, 0) is 31.2 Å². The molecule has 1 unspecified atom stereocenters. The van der Waals surface area contributed by atoms with E-state index in [0.717, 1.165) is 24.5 Å². The molecule has 0 radical (unpaired) electrons. The van der Waals surface area contributed by atoms with E-state index >= 15 is 0 Å². The van der Waals surface area contributed by atoms with E-state index < -0.39 is 0 Å². The average Bonchev–Trinajstić information content (AvgIpc) is 2.85. The Bertz CT molecular complexity index is 536. The molecule has 0 bridgehead atoms. The topological polar surface area (TPSA) is 39.1 Å². The highest BCUT2D eigenvalue weighted by atomic mass is 16.5. The van der Waals surface area contributed by atoms with Crippen LogP contribution in [0, 0.1) is 0 Å². The van der Waals surface area contributed by atoms with Gasteiger partial charge in [0.2, 0.25) is 0 Å². The van der Waals surface area contributed by atoms with Gasteiger partial charge in [-0.15, -0.1) is 0 Å². The summed E-state index contributed by atoms with van der Waals surface area (Å²) < 4.78 is 7.84. The zero-order chi connectivity index (χ0) is 14.4. The first-order chi connectivity index (χ1) is 9.70. The highest BCUT2D eigenvalue weighted by molar-refractivity contribution is 5.30. The highest BCUT2D eigenvalue weighted by Gasteiger charge is 2.05. The molecule has 108 valence electrons. The maximum Gasteiger partial charge on any atom is 0.119 e. The molecule has 1 atom stereocenters. The molecule has 20 heavy (non-hydrogen) atoms. The SMILES string of the molecule is CCNC(C)c1cccc(OCCc2nccn2C)c1. The van der Waals surface area contributed by atoms with Crippen LogP contribution in [0.15, 0.2) is 36.7 Å². The van der Waals surface area contributed by atoms with Crippen molar-refractivity contribution >= 4 is 0 Å². The molecule has 0 saturated heterocycles. The summed E-state index contributed by atoms with van der Waals surface area (Å²) in [4.78, 5) is 4.29. The zero-order valence-electron chi connectivity index (χ0n) is 12.5. The quantitative estimate of drug-likeness (QED) is 0.843. The summed E-state index contributed by atoms with van der Waals surface area (Å²) in [6.45, 7) is 5.88. The van der Waals surface area contributed by atoms with Gasteiger partial charge in [0.25, 0.3) is 0 Å². The van der Waals surface area contributed by atoms with E-state index in [4.69, 9.17) is 4.74 Å². The lowest BCUT2D eigenvalue weighted by molar-refractivity contribution is 0.317. The number of nitrogens with one attached hydrogen (secondary N) is 1. The van der Waals surface area contributed by atoms with E-state index in [1.54, 1.807) is 0 Å². The third kappa shape index (κ3) is 3.84. The van der Waals surface area contributed by atoms with Crippen LogP contribution in [-0.4, -0.2) is 22.7 Å². The number of aromatic nitrogens is 2. The summed E-state index contributed by atoms with van der Waals surface area (Å²) in [6, 6.07) is 8.61. The molecule has 4 nitrogen and oxygen atoms in total. The number of hydrogen-bond acceptors (Lipinski definition) is 3. The summed E-state index contributed by atoms with van der Waals surface area (Å²) in [5, 5.41) is 3.41. The van der Waals surface area contributed by atoms with Gasteiger partial charge >= 0.3 is 0 Å². The second-order valence-electron chi connectivity index (χ2n) is 4.90. The van der Waals surface area contributed by atoms with Crippen molar-refractivity contribution < 1.29 is 4.74 Å². The van der Waals surface area contributed by atoms with Gasteiger partial charge in [-0.2, -0.15) is 0 Å². The molecule has 2 aromatic rings. The van der Waals surface area contributed by atoms with E-state index in [-0.39, 0.29) is 0 Å². The van der Waals surface area contributed by atoms with Gasteiger partial charge in [0.1, 0.15) is 11.6 Å². The molecule has 0 spiro atoms. The summed E-state index contributed by atoms with van der Waals surface area (Å²) in [6.07, 6.45) is 4.58. The third-order valence-electron chi connectivity index (χ3n) is 3.38. The van der Waals surface area contributed by atoms with Crippen LogP contribution in [0.1, 0.15) is 31.3 Å². The Labute approximate surface area is 120 Å². The first kappa shape index (κ1) is 14.6. The number of ether oxygens (including phenoxy) is 1. The second kappa shape index (κ2) is 7.10. The maximum absolute atomic E-state index is 5.82. The van der Waals surface area contributed by atoms with Crippen molar-refractivity contribution in [1.29, 1.82) is 0 Å². The Hall–Kier alpha value is -1.81. The van der Waals surface area contributed by atoms with E-state index in [0.29, 0.717) is 12.6 Å². The van der Waals surface area contributed by atoms with Gasteiger partial charge in [0.05, 0.1) is 6.61 Å². The normalized spacial score (nSPS) is 12.3. The van der Waals surface area contributed by atoms with E-state index in [1.165, 1.54) is 5.56 Å². The Kier molecular flexibility index (Phi) is 5.18. The largest absolute Gasteiger partial charge is 0.493 e. The Morgan fingerprint density at radius 1 is 1.40 bits per heavy atom. The van der Waals surface area contributed by atoms with Gasteiger partial charge in [0.15, 0.2) is 0 Å². The molecule has 0 aliphatic rings. The number of benzene rings is 1. The van der Waals surface area contributed by atoms with Crippen LogP contribution in [0.2, 0.25) is 0 Å². The second-order valence-corrected chi connectivity index (χ2v) is 4.90. The van der Waals surface area contributed by atoms with Crippen LogP contribution in [0.5, 0.6) is 5.75 Å². The van der Waals surface area contributed by atoms with Gasteiger partial charge in [-0.3, -0.25) is 0 Å². The lowest BCUT2D eigenvalue weighted by Crippen LogP contribution is -2.17. The van der Waals surface area contributed by atoms with Crippen LogP contribution in [-0.2, 0) is 13.5 Å². The smallest absolute Gasteiger partial charge is 0.119 e. The van der Waals surface area contributed by atoms with Crippen LogP contribution in [0.25, 0.3) is 0 Å². The third-order valence-corrected chi connectivity index (χ3v) is 3.38. The number of rotatable bonds is 7. The Morgan fingerprint density at radius 2 is 2.25 bits per heavy atom. The number of hydrogen-bond donors (Lipinski definition) is 1. The van der Waals surface area contributed by atoms with E-state index in [9.17, 15) is 0 Å². The fourth-order valence-electron chi connectivity index (χ4n) is 2.20. The van der Waals surface area contributed by atoms with Crippen molar-refractivity contribution in [1.82, 2.24) is 14.9 Å². The molecule has 2 rings (SSSR count). The molecule has 1 aromatic heterocycles. The molecule has 0 aliphatic carbocycles. The van der Waals surface area contributed by atoms with Gasteiger partial charge in [-0.1, -0.05) is 19.1 Å². The monoisotopic (exact) mass is 273 g/mol. The first-order valence-corrected chi connectivity index (χ1v) is 7.13. The predicted octanol–water partition coefficient (Wildman–Crippen LogP) is 2.71. The molecular weight excluding hydrogens is 250 g/mol. The van der Waals surface area contributed by atoms with Crippen LogP contribution in [0.3, 0.4) is 0 Å². The zero-order valence-corrected chi connectivity index (χ0v) is 12.5. The molecule has 0 aliphatic heterocycles. The van der Waals surface area contributed by atoms with Crippen LogP contribution >= 0.6 is 0 Å². The fraction of sp³-hybridized carbons (Fsp3) is 0.438. The lowest BCUT2D eigenvalue weighted by Gasteiger charge is -2.14. The number of nitrogens with zero attached hydrogens (tertiary/aromatic N) is 2. The highest BCUT2D eigenvalue weighted by Crippen LogP contribution is 2.19. The number of aryl methyl sites for hydroxylation is 1. The van der Waals surface area contributed by atoms with Crippen molar-refractivity contribution in [2.75, 3.05) is 13.2 Å². The summed E-state index contributed by atoms with van der Waals surface area (Å²) in [7, 11) is 2.00. The van der Waals surface area contributed by atoms with Crippen molar-refractivity contribution in [3.63, 3.8) is 0 Å².